The highest BCUT2D eigenvalue weighted by Gasteiger charge is 2.34. The summed E-state index contributed by atoms with van der Waals surface area (Å²) in [5.41, 5.74) is 4.13. The summed E-state index contributed by atoms with van der Waals surface area (Å²) in [5, 5.41) is 20.7. The number of rotatable bonds is 12. The number of para-hydroxylation sites is 2. The van der Waals surface area contributed by atoms with Gasteiger partial charge in [0.25, 0.3) is 11.8 Å². The number of methoxy groups -OCH3 is 3. The molecule has 2 aromatic heterocycles. The van der Waals surface area contributed by atoms with Crippen LogP contribution < -0.4 is 19.5 Å². The number of thiophene rings is 1. The third-order valence-corrected chi connectivity index (χ3v) is 9.67. The van der Waals surface area contributed by atoms with Gasteiger partial charge in [-0.1, -0.05) is 59.8 Å². The number of carbonyl (C=O) groups is 2. The largest absolute Gasteiger partial charge is 0.495 e. The Balaban J connectivity index is 1.25. The van der Waals surface area contributed by atoms with E-state index in [4.69, 9.17) is 19.3 Å². The molecule has 1 atom stereocenters. The van der Waals surface area contributed by atoms with Gasteiger partial charge in [0.1, 0.15) is 5.75 Å². The third kappa shape index (κ3) is 6.92. The monoisotopic (exact) mass is 682 g/mol. The van der Waals surface area contributed by atoms with E-state index < -0.39 is 0 Å². The lowest BCUT2D eigenvalue weighted by atomic mass is 10.00. The number of hydrazone groups is 1. The van der Waals surface area contributed by atoms with Gasteiger partial charge in [-0.25, -0.2) is 5.01 Å². The smallest absolute Gasteiger partial charge is 0.253 e. The molecular weight excluding hydrogens is 649 g/mol. The first-order chi connectivity index (χ1) is 23.4. The molecule has 48 heavy (non-hydrogen) atoms. The molecule has 0 saturated heterocycles. The molecule has 11 nitrogen and oxygen atoms in total. The zero-order valence-corrected chi connectivity index (χ0v) is 28.5. The highest BCUT2D eigenvalue weighted by molar-refractivity contribution is 7.99. The van der Waals surface area contributed by atoms with Gasteiger partial charge in [0.05, 0.1) is 55.9 Å². The van der Waals surface area contributed by atoms with Crippen LogP contribution in [0.15, 0.2) is 94.5 Å². The summed E-state index contributed by atoms with van der Waals surface area (Å²) in [7, 11) is 4.63. The maximum absolute atomic E-state index is 13.9. The Bertz CT molecular complexity index is 1940. The number of nitrogens with zero attached hydrogens (tertiary/aromatic N) is 5. The molecule has 0 aliphatic carbocycles. The van der Waals surface area contributed by atoms with Crippen LogP contribution in [0.4, 0.5) is 0 Å². The third-order valence-electron chi connectivity index (χ3n) is 7.84. The van der Waals surface area contributed by atoms with Gasteiger partial charge in [-0.3, -0.25) is 14.2 Å². The quantitative estimate of drug-likeness (QED) is 0.158. The van der Waals surface area contributed by atoms with E-state index in [9.17, 15) is 9.59 Å². The first-order valence-corrected chi connectivity index (χ1v) is 17.0. The molecule has 3 aromatic carbocycles. The predicted molar refractivity (Wildman–Crippen MR) is 186 cm³/mol. The molecule has 6 rings (SSSR count). The van der Waals surface area contributed by atoms with Gasteiger partial charge < -0.3 is 19.5 Å². The molecule has 3 heterocycles. The number of aryl methyl sites for hydroxylation is 1. The van der Waals surface area contributed by atoms with Crippen molar-refractivity contribution in [2.24, 2.45) is 5.10 Å². The van der Waals surface area contributed by atoms with Gasteiger partial charge in [-0.15, -0.1) is 21.5 Å². The van der Waals surface area contributed by atoms with Gasteiger partial charge in [0.2, 0.25) is 0 Å². The Morgan fingerprint density at radius 2 is 1.69 bits per heavy atom. The van der Waals surface area contributed by atoms with Crippen molar-refractivity contribution in [2.45, 2.75) is 31.1 Å². The summed E-state index contributed by atoms with van der Waals surface area (Å²) in [6, 6.07) is 24.4. The van der Waals surface area contributed by atoms with E-state index in [0.29, 0.717) is 45.9 Å². The highest BCUT2D eigenvalue weighted by atomic mass is 32.2. The van der Waals surface area contributed by atoms with E-state index in [1.165, 1.54) is 26.0 Å². The molecule has 1 N–H and O–H groups in total. The lowest BCUT2D eigenvalue weighted by Crippen LogP contribution is -2.28. The molecule has 5 aromatic rings. The molecule has 0 spiro atoms. The number of ether oxygens (including phenoxy) is 3. The van der Waals surface area contributed by atoms with Crippen molar-refractivity contribution in [2.75, 3.05) is 27.1 Å². The van der Waals surface area contributed by atoms with Crippen molar-refractivity contribution in [1.29, 1.82) is 0 Å². The molecular formula is C35H34N6O5S2. The summed E-state index contributed by atoms with van der Waals surface area (Å²) in [6.45, 7) is 2.10. The standard InChI is InChI=1S/C35H34N6O5S2/c1-22-11-13-23(14-12-22)27-19-25(31-10-7-17-47-31)39-41(27)33(42)21-48-35-38-37-32(40(35)26-8-5-6-9-28(26)44-2)20-36-34(43)24-15-16-29(45-3)30(18-24)46-4/h5-18,27H,19-21H2,1-4H3,(H,36,43). The fourth-order valence-electron chi connectivity index (χ4n) is 5.38. The lowest BCUT2D eigenvalue weighted by molar-refractivity contribution is -0.130. The average molecular weight is 683 g/mol. The van der Waals surface area contributed by atoms with Gasteiger partial charge >= 0.3 is 0 Å². The maximum Gasteiger partial charge on any atom is 0.253 e. The number of hydrogen-bond donors (Lipinski definition) is 1. The van der Waals surface area contributed by atoms with Crippen molar-refractivity contribution in [3.05, 3.63) is 112 Å². The van der Waals surface area contributed by atoms with Crippen LogP contribution >= 0.6 is 23.1 Å². The van der Waals surface area contributed by atoms with Crippen molar-refractivity contribution < 1.29 is 23.8 Å². The van der Waals surface area contributed by atoms with Crippen LogP contribution in [-0.2, 0) is 11.3 Å². The minimum atomic E-state index is -0.328. The van der Waals surface area contributed by atoms with E-state index >= 15 is 0 Å². The fraction of sp³-hybridized carbons (Fsp3) is 0.229. The summed E-state index contributed by atoms with van der Waals surface area (Å²) in [6.07, 6.45) is 0.626. The second-order valence-electron chi connectivity index (χ2n) is 10.8. The van der Waals surface area contributed by atoms with Gasteiger partial charge in [-0.2, -0.15) is 5.10 Å². The first-order valence-electron chi connectivity index (χ1n) is 15.1. The first kappa shape index (κ1) is 32.8. The average Bonchev–Trinajstić information content (AvgIpc) is 3.90. The molecule has 2 amide bonds. The molecule has 0 bridgehead atoms. The Labute approximate surface area is 286 Å². The molecule has 0 fully saturated rings. The number of hydrogen-bond acceptors (Lipinski definition) is 10. The lowest BCUT2D eigenvalue weighted by Gasteiger charge is -2.22. The number of amides is 2. The van der Waals surface area contributed by atoms with Crippen molar-refractivity contribution in [3.8, 4) is 22.9 Å². The highest BCUT2D eigenvalue weighted by Crippen LogP contribution is 2.36. The van der Waals surface area contributed by atoms with E-state index in [2.05, 4.69) is 39.8 Å². The predicted octanol–water partition coefficient (Wildman–Crippen LogP) is 6.06. The van der Waals surface area contributed by atoms with Crippen molar-refractivity contribution in [3.63, 3.8) is 0 Å². The van der Waals surface area contributed by atoms with Crippen LogP contribution in [0.1, 0.15) is 44.6 Å². The zero-order valence-electron chi connectivity index (χ0n) is 26.9. The summed E-state index contributed by atoms with van der Waals surface area (Å²) < 4.78 is 18.1. The van der Waals surface area contributed by atoms with Gasteiger partial charge in [0.15, 0.2) is 22.5 Å². The number of benzene rings is 3. The number of aromatic nitrogens is 3. The van der Waals surface area contributed by atoms with Crippen LogP contribution in [-0.4, -0.2) is 64.4 Å². The normalized spacial score (nSPS) is 14.0. The molecule has 1 aliphatic rings. The van der Waals surface area contributed by atoms with Crippen LogP contribution in [0.3, 0.4) is 0 Å². The Hall–Kier alpha value is -5.14. The zero-order chi connectivity index (χ0) is 33.6. The molecule has 0 radical (unpaired) electrons. The summed E-state index contributed by atoms with van der Waals surface area (Å²) >= 11 is 2.86. The minimum Gasteiger partial charge on any atom is -0.495 e. The van der Waals surface area contributed by atoms with Gasteiger partial charge in [-0.05, 0) is 54.3 Å². The minimum absolute atomic E-state index is 0.0584. The second-order valence-corrected chi connectivity index (χ2v) is 12.7. The van der Waals surface area contributed by atoms with Crippen molar-refractivity contribution in [1.82, 2.24) is 25.1 Å². The van der Waals surface area contributed by atoms with Gasteiger partial charge in [0, 0.05) is 12.0 Å². The molecule has 1 unspecified atom stereocenters. The number of carbonyl (C=O) groups excluding carboxylic acids is 2. The van der Waals surface area contributed by atoms with Crippen molar-refractivity contribution >= 4 is 40.6 Å². The van der Waals surface area contributed by atoms with E-state index in [0.717, 1.165) is 21.7 Å². The van der Waals surface area contributed by atoms with E-state index in [1.54, 1.807) is 46.2 Å². The van der Waals surface area contributed by atoms with Crippen LogP contribution in [0.2, 0.25) is 0 Å². The fourth-order valence-corrected chi connectivity index (χ4v) is 6.91. The molecule has 0 saturated carbocycles. The molecule has 246 valence electrons. The maximum atomic E-state index is 13.9. The Kier molecular flexibility index (Phi) is 10.1. The Morgan fingerprint density at radius 3 is 2.42 bits per heavy atom. The van der Waals surface area contributed by atoms with Crippen LogP contribution in [0.25, 0.3) is 5.69 Å². The number of nitrogens with one attached hydrogen (secondary N) is 1. The summed E-state index contributed by atoms with van der Waals surface area (Å²) in [4.78, 5) is 28.1. The molecule has 1 aliphatic heterocycles. The number of thioether (sulfide) groups is 1. The topological polar surface area (TPSA) is 120 Å². The van der Waals surface area contributed by atoms with E-state index in [1.807, 2.05) is 48.7 Å². The van der Waals surface area contributed by atoms with Crippen LogP contribution in [0.5, 0.6) is 17.2 Å². The summed E-state index contributed by atoms with van der Waals surface area (Å²) in [5.74, 6) is 1.59. The second kappa shape index (κ2) is 14.7. The van der Waals surface area contributed by atoms with Crippen LogP contribution in [0, 0.1) is 6.92 Å². The van der Waals surface area contributed by atoms with E-state index in [-0.39, 0.29) is 30.2 Å². The molecule has 13 heteroatoms. The Morgan fingerprint density at radius 1 is 0.917 bits per heavy atom. The SMILES string of the molecule is COc1ccc(C(=O)NCc2nnc(SCC(=O)N3N=C(c4cccs4)CC3c3ccc(C)cc3)n2-c2ccccc2OC)cc1OC.